The Labute approximate surface area is 147 Å². The molecule has 0 aromatic heterocycles. The van der Waals surface area contributed by atoms with Crippen LogP contribution in [-0.2, 0) is 24.8 Å². The summed E-state index contributed by atoms with van der Waals surface area (Å²) >= 11 is 0. The predicted octanol–water partition coefficient (Wildman–Crippen LogP) is 0.844. The summed E-state index contributed by atoms with van der Waals surface area (Å²) in [5.74, 6) is -2.04. The van der Waals surface area contributed by atoms with Gasteiger partial charge >= 0.3 is 5.97 Å². The molecule has 0 bridgehead atoms. The van der Waals surface area contributed by atoms with Gasteiger partial charge in [0.1, 0.15) is 16.7 Å². The van der Waals surface area contributed by atoms with E-state index in [9.17, 15) is 21.6 Å². The third kappa shape index (κ3) is 5.58. The van der Waals surface area contributed by atoms with Crippen molar-refractivity contribution >= 4 is 31.7 Å². The first-order valence-corrected chi connectivity index (χ1v) is 10.5. The van der Waals surface area contributed by atoms with Gasteiger partial charge in [0.25, 0.3) is 0 Å². The fourth-order valence-electron chi connectivity index (χ4n) is 1.91. The van der Waals surface area contributed by atoms with Crippen LogP contribution in [0.2, 0.25) is 0 Å². The Bertz CT molecular complexity index is 833. The number of aliphatic carboxylic acids is 1. The lowest BCUT2D eigenvalue weighted by molar-refractivity contribution is -0.140. The van der Waals surface area contributed by atoms with E-state index in [2.05, 4.69) is 9.44 Å². The van der Waals surface area contributed by atoms with Crippen LogP contribution in [0.4, 0.5) is 5.69 Å². The van der Waals surface area contributed by atoms with Gasteiger partial charge in [-0.15, -0.1) is 0 Å². The number of carboxylic acids is 1. The number of carbonyl (C=O) groups is 1. The highest BCUT2D eigenvalue weighted by Crippen LogP contribution is 2.28. The average molecular weight is 394 g/mol. The number of hydrogen-bond donors (Lipinski definition) is 3. The number of rotatable bonds is 9. The maximum absolute atomic E-state index is 12.5. The van der Waals surface area contributed by atoms with Gasteiger partial charge in [0.2, 0.25) is 20.0 Å². The van der Waals surface area contributed by atoms with Crippen LogP contribution >= 0.6 is 0 Å². The van der Waals surface area contributed by atoms with Crippen molar-refractivity contribution in [3.8, 4) is 5.75 Å². The molecule has 0 saturated carbocycles. The normalized spacial score (nSPS) is 13.5. The first-order chi connectivity index (χ1) is 11.4. The van der Waals surface area contributed by atoms with Gasteiger partial charge in [-0.1, -0.05) is 13.8 Å². The fourth-order valence-corrected chi connectivity index (χ4v) is 4.03. The average Bonchev–Trinajstić information content (AvgIpc) is 2.51. The Morgan fingerprint density at radius 1 is 1.24 bits per heavy atom. The summed E-state index contributed by atoms with van der Waals surface area (Å²) in [7, 11) is -6.50. The third-order valence-corrected chi connectivity index (χ3v) is 6.11. The summed E-state index contributed by atoms with van der Waals surface area (Å²) < 4.78 is 57.6. The van der Waals surface area contributed by atoms with Crippen LogP contribution < -0.4 is 14.2 Å². The molecule has 1 aromatic rings. The molecule has 9 nitrogen and oxygen atoms in total. The third-order valence-electron chi connectivity index (χ3n) is 3.32. The number of carboxylic acid groups (broad SMARTS) is 1. The molecule has 0 aliphatic carbocycles. The molecule has 1 aromatic carbocycles. The molecule has 0 heterocycles. The molecule has 25 heavy (non-hydrogen) atoms. The number of ether oxygens (including phenoxy) is 1. The molecule has 11 heteroatoms. The first kappa shape index (κ1) is 21.2. The van der Waals surface area contributed by atoms with E-state index >= 15 is 0 Å². The number of methoxy groups -OCH3 is 1. The van der Waals surface area contributed by atoms with Crippen LogP contribution in [0.15, 0.2) is 23.1 Å². The second-order valence-corrected chi connectivity index (χ2v) is 9.25. The zero-order valence-corrected chi connectivity index (χ0v) is 15.9. The molecule has 3 N–H and O–H groups in total. The highest BCUT2D eigenvalue weighted by atomic mass is 32.2. The van der Waals surface area contributed by atoms with E-state index in [1.807, 2.05) is 0 Å². The number of benzene rings is 1. The molecular formula is C14H22N2O7S2. The van der Waals surface area contributed by atoms with Crippen molar-refractivity contribution in [2.24, 2.45) is 5.92 Å². The largest absolute Gasteiger partial charge is 0.495 e. The van der Waals surface area contributed by atoms with E-state index in [1.54, 1.807) is 13.8 Å². The van der Waals surface area contributed by atoms with Crippen molar-refractivity contribution in [1.29, 1.82) is 0 Å². The standard InChI is InChI=1S/C14H22N2O7S2/c1-5-24(19,20)15-10-6-7-12(11(8-10)23-4)25(21,22)16-13(9(2)3)14(17)18/h6-9,13,15-16H,5H2,1-4H3,(H,17,18). The summed E-state index contributed by atoms with van der Waals surface area (Å²) in [5, 5.41) is 9.14. The van der Waals surface area contributed by atoms with Gasteiger partial charge in [-0.05, 0) is 25.0 Å². The molecule has 0 amide bonds. The summed E-state index contributed by atoms with van der Waals surface area (Å²) in [6.45, 7) is 4.60. The van der Waals surface area contributed by atoms with Gasteiger partial charge in [-0.2, -0.15) is 4.72 Å². The van der Waals surface area contributed by atoms with E-state index < -0.39 is 38.0 Å². The summed E-state index contributed by atoms with van der Waals surface area (Å²) in [6, 6.07) is 2.31. The van der Waals surface area contributed by atoms with Crippen LogP contribution in [-0.4, -0.2) is 46.8 Å². The number of hydrogen-bond acceptors (Lipinski definition) is 6. The summed E-state index contributed by atoms with van der Waals surface area (Å²) in [4.78, 5) is 10.9. The van der Waals surface area contributed by atoms with Crippen molar-refractivity contribution in [3.05, 3.63) is 18.2 Å². The van der Waals surface area contributed by atoms with E-state index in [-0.39, 0.29) is 22.1 Å². The minimum atomic E-state index is -4.19. The Balaban J connectivity index is 3.26. The maximum Gasteiger partial charge on any atom is 0.322 e. The first-order valence-electron chi connectivity index (χ1n) is 7.37. The second-order valence-electron chi connectivity index (χ2n) is 5.55. The van der Waals surface area contributed by atoms with E-state index in [0.717, 1.165) is 6.07 Å². The lowest BCUT2D eigenvalue weighted by atomic mass is 10.1. The highest BCUT2D eigenvalue weighted by Gasteiger charge is 2.30. The van der Waals surface area contributed by atoms with Crippen LogP contribution in [0, 0.1) is 5.92 Å². The molecule has 0 radical (unpaired) electrons. The Morgan fingerprint density at radius 2 is 1.84 bits per heavy atom. The van der Waals surface area contributed by atoms with Gasteiger partial charge < -0.3 is 9.84 Å². The van der Waals surface area contributed by atoms with Crippen molar-refractivity contribution in [3.63, 3.8) is 0 Å². The molecule has 0 saturated heterocycles. The maximum atomic E-state index is 12.5. The minimum absolute atomic E-state index is 0.114. The number of nitrogens with one attached hydrogen (secondary N) is 2. The molecule has 0 fully saturated rings. The van der Waals surface area contributed by atoms with Gasteiger partial charge in [0.15, 0.2) is 0 Å². The molecule has 142 valence electrons. The summed E-state index contributed by atoms with van der Waals surface area (Å²) in [6.07, 6.45) is 0. The number of anilines is 1. The molecule has 1 rings (SSSR count). The van der Waals surface area contributed by atoms with E-state index in [1.165, 1.54) is 26.2 Å². The Kier molecular flexibility index (Phi) is 6.80. The molecule has 0 aliphatic heterocycles. The second kappa shape index (κ2) is 8.02. The van der Waals surface area contributed by atoms with Gasteiger partial charge in [-0.3, -0.25) is 9.52 Å². The van der Waals surface area contributed by atoms with Crippen LogP contribution in [0.25, 0.3) is 0 Å². The topological polar surface area (TPSA) is 139 Å². The zero-order chi connectivity index (χ0) is 19.4. The fraction of sp³-hybridized carbons (Fsp3) is 0.500. The Hall–Kier alpha value is -1.85. The molecular weight excluding hydrogens is 372 g/mol. The van der Waals surface area contributed by atoms with Crippen molar-refractivity contribution in [1.82, 2.24) is 4.72 Å². The lowest BCUT2D eigenvalue weighted by Crippen LogP contribution is -2.44. The van der Waals surface area contributed by atoms with E-state index in [4.69, 9.17) is 9.84 Å². The van der Waals surface area contributed by atoms with Crippen LogP contribution in [0.1, 0.15) is 20.8 Å². The van der Waals surface area contributed by atoms with Crippen molar-refractivity contribution < 1.29 is 31.5 Å². The number of sulfonamides is 2. The van der Waals surface area contributed by atoms with Crippen molar-refractivity contribution in [2.75, 3.05) is 17.6 Å². The smallest absolute Gasteiger partial charge is 0.322 e. The molecule has 1 unspecified atom stereocenters. The minimum Gasteiger partial charge on any atom is -0.495 e. The van der Waals surface area contributed by atoms with Gasteiger partial charge in [-0.25, -0.2) is 16.8 Å². The quantitative estimate of drug-likeness (QED) is 0.564. The van der Waals surface area contributed by atoms with Crippen molar-refractivity contribution in [2.45, 2.75) is 31.7 Å². The molecule has 1 atom stereocenters. The molecule has 0 spiro atoms. The Morgan fingerprint density at radius 3 is 2.28 bits per heavy atom. The van der Waals surface area contributed by atoms with E-state index in [0.29, 0.717) is 0 Å². The molecule has 0 aliphatic rings. The SMILES string of the molecule is CCS(=O)(=O)Nc1ccc(S(=O)(=O)NC(C(=O)O)C(C)C)c(OC)c1. The lowest BCUT2D eigenvalue weighted by Gasteiger charge is -2.19. The van der Waals surface area contributed by atoms with Crippen LogP contribution in [0.3, 0.4) is 0 Å². The van der Waals surface area contributed by atoms with Crippen LogP contribution in [0.5, 0.6) is 5.75 Å². The van der Waals surface area contributed by atoms with Gasteiger partial charge in [0, 0.05) is 6.07 Å². The zero-order valence-electron chi connectivity index (χ0n) is 14.3. The highest BCUT2D eigenvalue weighted by molar-refractivity contribution is 7.92. The monoisotopic (exact) mass is 394 g/mol. The summed E-state index contributed by atoms with van der Waals surface area (Å²) in [5.41, 5.74) is 0.135. The predicted molar refractivity (Wildman–Crippen MR) is 92.7 cm³/mol. The van der Waals surface area contributed by atoms with Gasteiger partial charge in [0.05, 0.1) is 18.6 Å².